The number of aromatic hydroxyl groups is 1. The van der Waals surface area contributed by atoms with Gasteiger partial charge in [0.25, 0.3) is 5.91 Å². The number of phenols is 1. The monoisotopic (exact) mass is 470 g/mol. The van der Waals surface area contributed by atoms with Gasteiger partial charge in [0, 0.05) is 23.4 Å². The van der Waals surface area contributed by atoms with Gasteiger partial charge in [0.2, 0.25) is 0 Å². The summed E-state index contributed by atoms with van der Waals surface area (Å²) in [5.41, 5.74) is 1.48. The molecule has 8 nitrogen and oxygen atoms in total. The summed E-state index contributed by atoms with van der Waals surface area (Å²) in [6.45, 7) is 0. The number of benzene rings is 4. The number of fused-ring (bicyclic) bond motifs is 1. The molecule has 0 aromatic heterocycles. The molecule has 0 heterocycles. The van der Waals surface area contributed by atoms with Gasteiger partial charge in [0.05, 0.1) is 24.0 Å². The topological polar surface area (TPSA) is 105 Å². The van der Waals surface area contributed by atoms with Gasteiger partial charge in [0.1, 0.15) is 23.5 Å². The SMILES string of the molecule is COc1ccccc1NC(=O)c1ccc2c(N(C)C(=O)Oc3ccc(C=O)cc3)cccc2c1O. The number of para-hydroxylation sites is 2. The molecule has 0 spiro atoms. The van der Waals surface area contributed by atoms with Crippen molar-refractivity contribution in [3.8, 4) is 17.2 Å². The number of ether oxygens (including phenoxy) is 2. The summed E-state index contributed by atoms with van der Waals surface area (Å²) < 4.78 is 10.7. The van der Waals surface area contributed by atoms with Crippen molar-refractivity contribution in [3.63, 3.8) is 0 Å². The Bertz CT molecular complexity index is 1420. The number of aldehydes is 1. The van der Waals surface area contributed by atoms with Crippen LogP contribution in [0.15, 0.2) is 78.9 Å². The van der Waals surface area contributed by atoms with Crippen molar-refractivity contribution in [2.45, 2.75) is 0 Å². The lowest BCUT2D eigenvalue weighted by molar-refractivity contribution is 0.102. The van der Waals surface area contributed by atoms with E-state index in [9.17, 15) is 19.5 Å². The van der Waals surface area contributed by atoms with E-state index in [1.54, 1.807) is 60.7 Å². The molecule has 0 saturated carbocycles. The Kier molecular flexibility index (Phi) is 6.64. The number of rotatable bonds is 6. The van der Waals surface area contributed by atoms with Crippen LogP contribution >= 0.6 is 0 Å². The molecule has 0 saturated heterocycles. The second-order valence-electron chi connectivity index (χ2n) is 7.60. The molecule has 4 aromatic carbocycles. The highest BCUT2D eigenvalue weighted by Crippen LogP contribution is 2.35. The molecule has 0 fully saturated rings. The first kappa shape index (κ1) is 23.3. The van der Waals surface area contributed by atoms with Crippen LogP contribution in [0, 0.1) is 0 Å². The predicted octanol–water partition coefficient (Wildman–Crippen LogP) is 5.25. The molecule has 0 unspecified atom stereocenters. The van der Waals surface area contributed by atoms with Crippen LogP contribution in [0.5, 0.6) is 17.2 Å². The van der Waals surface area contributed by atoms with E-state index in [1.165, 1.54) is 37.3 Å². The summed E-state index contributed by atoms with van der Waals surface area (Å²) >= 11 is 0. The van der Waals surface area contributed by atoms with Crippen molar-refractivity contribution in [1.82, 2.24) is 0 Å². The molecule has 0 aliphatic carbocycles. The van der Waals surface area contributed by atoms with Crippen molar-refractivity contribution in [3.05, 3.63) is 90.0 Å². The van der Waals surface area contributed by atoms with E-state index in [4.69, 9.17) is 9.47 Å². The zero-order chi connectivity index (χ0) is 24.9. The Morgan fingerprint density at radius 1 is 0.914 bits per heavy atom. The number of nitrogens with zero attached hydrogens (tertiary/aromatic N) is 1. The van der Waals surface area contributed by atoms with Gasteiger partial charge in [-0.3, -0.25) is 14.5 Å². The normalized spacial score (nSPS) is 10.5. The fourth-order valence-corrected chi connectivity index (χ4v) is 3.62. The molecule has 0 aliphatic heterocycles. The lowest BCUT2D eigenvalue weighted by Gasteiger charge is -2.20. The maximum Gasteiger partial charge on any atom is 0.419 e. The lowest BCUT2D eigenvalue weighted by atomic mass is 10.0. The summed E-state index contributed by atoms with van der Waals surface area (Å²) in [6.07, 6.45) is 0.0411. The largest absolute Gasteiger partial charge is 0.506 e. The summed E-state index contributed by atoms with van der Waals surface area (Å²) in [5.74, 6) is 0.0454. The summed E-state index contributed by atoms with van der Waals surface area (Å²) in [4.78, 5) is 37.7. The molecule has 0 radical (unpaired) electrons. The highest BCUT2D eigenvalue weighted by atomic mass is 16.6. The van der Waals surface area contributed by atoms with E-state index in [-0.39, 0.29) is 17.1 Å². The number of methoxy groups -OCH3 is 1. The summed E-state index contributed by atoms with van der Waals surface area (Å²) in [7, 11) is 3.04. The van der Waals surface area contributed by atoms with Crippen LogP contribution in [-0.4, -0.2) is 37.6 Å². The van der Waals surface area contributed by atoms with Gasteiger partial charge in [-0.05, 0) is 48.5 Å². The molecule has 35 heavy (non-hydrogen) atoms. The van der Waals surface area contributed by atoms with E-state index in [2.05, 4.69) is 5.32 Å². The fourth-order valence-electron chi connectivity index (χ4n) is 3.62. The van der Waals surface area contributed by atoms with E-state index in [0.717, 1.165) is 0 Å². The molecule has 4 rings (SSSR count). The minimum Gasteiger partial charge on any atom is -0.506 e. The minimum absolute atomic E-state index is 0.0704. The van der Waals surface area contributed by atoms with Crippen molar-refractivity contribution in [1.29, 1.82) is 0 Å². The van der Waals surface area contributed by atoms with Crippen LogP contribution in [0.4, 0.5) is 16.2 Å². The van der Waals surface area contributed by atoms with Gasteiger partial charge in [0.15, 0.2) is 0 Å². The molecular formula is C27H22N2O6. The number of carbonyl (C=O) groups excluding carboxylic acids is 3. The average molecular weight is 470 g/mol. The summed E-state index contributed by atoms with van der Waals surface area (Å²) in [5, 5.41) is 14.6. The zero-order valence-electron chi connectivity index (χ0n) is 19.0. The van der Waals surface area contributed by atoms with Crippen LogP contribution in [-0.2, 0) is 0 Å². The Balaban J connectivity index is 1.61. The molecule has 0 atom stereocenters. The zero-order valence-corrected chi connectivity index (χ0v) is 19.0. The smallest absolute Gasteiger partial charge is 0.419 e. The van der Waals surface area contributed by atoms with Gasteiger partial charge in [-0.25, -0.2) is 4.79 Å². The van der Waals surface area contributed by atoms with E-state index >= 15 is 0 Å². The third-order valence-corrected chi connectivity index (χ3v) is 5.47. The summed E-state index contributed by atoms with van der Waals surface area (Å²) in [6, 6.07) is 21.3. The van der Waals surface area contributed by atoms with Crippen LogP contribution in [0.2, 0.25) is 0 Å². The second kappa shape index (κ2) is 9.96. The Hall–Kier alpha value is -4.85. The van der Waals surface area contributed by atoms with Gasteiger partial charge in [-0.15, -0.1) is 0 Å². The molecule has 8 heteroatoms. The Labute approximate surface area is 201 Å². The van der Waals surface area contributed by atoms with Crippen molar-refractivity contribution in [2.24, 2.45) is 0 Å². The maximum atomic E-state index is 12.9. The second-order valence-corrected chi connectivity index (χ2v) is 7.60. The highest BCUT2D eigenvalue weighted by molar-refractivity contribution is 6.12. The van der Waals surface area contributed by atoms with E-state index in [0.29, 0.717) is 39.7 Å². The van der Waals surface area contributed by atoms with Crippen molar-refractivity contribution < 1.29 is 29.0 Å². The quantitative estimate of drug-likeness (QED) is 0.373. The molecule has 2 amide bonds. The highest BCUT2D eigenvalue weighted by Gasteiger charge is 2.20. The van der Waals surface area contributed by atoms with Crippen LogP contribution in [0.25, 0.3) is 10.8 Å². The third kappa shape index (κ3) is 4.77. The molecule has 0 aliphatic rings. The van der Waals surface area contributed by atoms with Gasteiger partial charge in [-0.1, -0.05) is 30.3 Å². The van der Waals surface area contributed by atoms with Crippen LogP contribution in [0.3, 0.4) is 0 Å². The third-order valence-electron chi connectivity index (χ3n) is 5.47. The average Bonchev–Trinajstić information content (AvgIpc) is 2.89. The molecule has 176 valence electrons. The number of anilines is 2. The molecule has 4 aromatic rings. The number of phenolic OH excluding ortho intramolecular Hbond substituents is 1. The van der Waals surface area contributed by atoms with Crippen LogP contribution in [0.1, 0.15) is 20.7 Å². The van der Waals surface area contributed by atoms with Gasteiger partial charge in [-0.2, -0.15) is 0 Å². The van der Waals surface area contributed by atoms with E-state index < -0.39 is 12.0 Å². The number of hydrogen-bond acceptors (Lipinski definition) is 6. The molecular weight excluding hydrogens is 448 g/mol. The van der Waals surface area contributed by atoms with Crippen LogP contribution < -0.4 is 19.7 Å². The first-order chi connectivity index (χ1) is 16.9. The first-order valence-corrected chi connectivity index (χ1v) is 10.6. The predicted molar refractivity (Wildman–Crippen MR) is 133 cm³/mol. The van der Waals surface area contributed by atoms with Gasteiger partial charge >= 0.3 is 6.09 Å². The number of carbonyl (C=O) groups is 3. The standard InChI is InChI=1S/C27H22N2O6/c1-29(27(33)35-18-12-10-17(16-30)11-13-18)23-8-5-6-20-19(23)14-15-21(25(20)31)26(32)28-22-7-3-4-9-24(22)34-2/h3-16,31H,1-2H3,(H,28,32). The maximum absolute atomic E-state index is 12.9. The Morgan fingerprint density at radius 3 is 2.37 bits per heavy atom. The molecule has 2 N–H and O–H groups in total. The number of nitrogens with one attached hydrogen (secondary N) is 1. The van der Waals surface area contributed by atoms with E-state index in [1.807, 2.05) is 0 Å². The van der Waals surface area contributed by atoms with Crippen molar-refractivity contribution in [2.75, 3.05) is 24.4 Å². The van der Waals surface area contributed by atoms with Gasteiger partial charge < -0.3 is 19.9 Å². The number of hydrogen-bond donors (Lipinski definition) is 2. The number of amides is 2. The Morgan fingerprint density at radius 2 is 1.66 bits per heavy atom. The molecule has 0 bridgehead atoms. The van der Waals surface area contributed by atoms with Crippen molar-refractivity contribution >= 4 is 40.4 Å². The lowest BCUT2D eigenvalue weighted by Crippen LogP contribution is -2.29. The first-order valence-electron chi connectivity index (χ1n) is 10.6. The minimum atomic E-state index is -0.658. The fraction of sp³-hybridized carbons (Fsp3) is 0.0741.